The highest BCUT2D eigenvalue weighted by atomic mass is 79.9. The third-order valence-electron chi connectivity index (χ3n) is 3.95. The predicted molar refractivity (Wildman–Crippen MR) is 134 cm³/mol. The van der Waals surface area contributed by atoms with E-state index < -0.39 is 24.3 Å². The fraction of sp³-hybridized carbons (Fsp3) is 0.292. The van der Waals surface area contributed by atoms with E-state index in [1.807, 2.05) is 20.8 Å². The molecule has 0 amide bonds. The van der Waals surface area contributed by atoms with Gasteiger partial charge in [-0.2, -0.15) is 0 Å². The largest absolute Gasteiger partial charge is 0.493 e. The number of benzene rings is 2. The molecular formula is C24H29BrFN3O5. The first-order valence-corrected chi connectivity index (χ1v) is 11.2. The number of aliphatic hydroxyl groups excluding tert-OH is 1. The van der Waals surface area contributed by atoms with Crippen LogP contribution in [0, 0.1) is 5.82 Å². The normalized spacial score (nSPS) is 10.7. The Hall–Kier alpha value is -3.24. The molecule has 0 radical (unpaired) electrons. The molecule has 0 saturated carbocycles. The number of carboxylic acids is 1. The van der Waals surface area contributed by atoms with E-state index in [1.54, 1.807) is 30.3 Å². The average Bonchev–Trinajstić information content (AvgIpc) is 2.80. The number of aromatic nitrogens is 2. The number of allylic oxidation sites excluding steroid dienone is 1. The standard InChI is InChI=1S/C19H17BrFN3O5.C3H6.C2H6/c1-28-16-6-12-15(7-17(16)29-8-11(25)5-18(26)27)22-9-23-19(12)24-14-3-2-10(20)4-13(14)21;1-3-2;1-2/h2-4,6-7,9,11,25H,5,8H2,1H3,(H,26,27)(H,22,23,24);3H,1H2,2H3;1-2H3. The van der Waals surface area contributed by atoms with Gasteiger partial charge < -0.3 is 25.0 Å². The molecule has 3 rings (SSSR count). The lowest BCUT2D eigenvalue weighted by molar-refractivity contribution is -0.139. The molecule has 0 aliphatic rings. The van der Waals surface area contributed by atoms with E-state index in [-0.39, 0.29) is 18.0 Å². The summed E-state index contributed by atoms with van der Waals surface area (Å²) in [6.07, 6.45) is 1.46. The quantitative estimate of drug-likeness (QED) is 0.313. The molecule has 3 N–H and O–H groups in total. The van der Waals surface area contributed by atoms with Gasteiger partial charge in [0.1, 0.15) is 24.6 Å². The molecule has 0 aliphatic heterocycles. The van der Waals surface area contributed by atoms with Crippen molar-refractivity contribution in [1.82, 2.24) is 9.97 Å². The molecule has 0 aliphatic carbocycles. The summed E-state index contributed by atoms with van der Waals surface area (Å²) in [6.45, 7) is 9.02. The third kappa shape index (κ3) is 8.60. The Morgan fingerprint density at radius 1 is 1.26 bits per heavy atom. The predicted octanol–water partition coefficient (Wildman–Crippen LogP) is 5.72. The number of aliphatic carboxylic acids is 1. The van der Waals surface area contributed by atoms with E-state index in [2.05, 4.69) is 37.8 Å². The second-order valence-electron chi connectivity index (χ2n) is 6.46. The Bertz CT molecular complexity index is 1100. The van der Waals surface area contributed by atoms with Crippen molar-refractivity contribution in [1.29, 1.82) is 0 Å². The topological polar surface area (TPSA) is 114 Å². The average molecular weight is 538 g/mol. The van der Waals surface area contributed by atoms with E-state index >= 15 is 0 Å². The molecular weight excluding hydrogens is 509 g/mol. The smallest absolute Gasteiger partial charge is 0.306 e. The number of aliphatic hydroxyl groups is 1. The zero-order valence-electron chi connectivity index (χ0n) is 19.5. The maximum Gasteiger partial charge on any atom is 0.306 e. The summed E-state index contributed by atoms with van der Waals surface area (Å²) < 4.78 is 25.6. The Kier molecular flexibility index (Phi) is 12.5. The van der Waals surface area contributed by atoms with Crippen LogP contribution in [0.2, 0.25) is 0 Å². The lowest BCUT2D eigenvalue weighted by Gasteiger charge is -2.15. The number of fused-ring (bicyclic) bond motifs is 1. The molecule has 0 fully saturated rings. The van der Waals surface area contributed by atoms with Gasteiger partial charge >= 0.3 is 5.97 Å². The zero-order chi connectivity index (χ0) is 25.7. The molecule has 34 heavy (non-hydrogen) atoms. The first kappa shape index (κ1) is 28.8. The minimum absolute atomic E-state index is 0.228. The highest BCUT2D eigenvalue weighted by molar-refractivity contribution is 9.10. The van der Waals surface area contributed by atoms with Crippen LogP contribution in [0.15, 0.2) is 53.8 Å². The molecule has 3 aromatic rings. The Morgan fingerprint density at radius 2 is 1.94 bits per heavy atom. The molecule has 184 valence electrons. The van der Waals surface area contributed by atoms with Crippen molar-refractivity contribution in [3.05, 3.63) is 59.6 Å². The minimum Gasteiger partial charge on any atom is -0.493 e. The van der Waals surface area contributed by atoms with E-state index in [9.17, 15) is 14.3 Å². The van der Waals surface area contributed by atoms with Crippen molar-refractivity contribution >= 4 is 44.3 Å². The van der Waals surface area contributed by atoms with Gasteiger partial charge in [-0.1, -0.05) is 35.9 Å². The number of methoxy groups -OCH3 is 1. The van der Waals surface area contributed by atoms with E-state index in [0.29, 0.717) is 26.9 Å². The van der Waals surface area contributed by atoms with Crippen LogP contribution in [0.5, 0.6) is 11.5 Å². The monoisotopic (exact) mass is 537 g/mol. The highest BCUT2D eigenvalue weighted by Gasteiger charge is 2.15. The SMILES string of the molecule is C=CC.CC.COc1cc2c(Nc3ccc(Br)cc3F)ncnc2cc1OCC(O)CC(=O)O. The molecule has 8 nitrogen and oxygen atoms in total. The second-order valence-corrected chi connectivity index (χ2v) is 7.38. The summed E-state index contributed by atoms with van der Waals surface area (Å²) in [5, 5.41) is 21.9. The summed E-state index contributed by atoms with van der Waals surface area (Å²) in [7, 11) is 1.44. The van der Waals surface area contributed by atoms with Crippen molar-refractivity contribution in [3.8, 4) is 11.5 Å². The fourth-order valence-electron chi connectivity index (χ4n) is 2.60. The molecule has 2 aromatic carbocycles. The molecule has 0 saturated heterocycles. The van der Waals surface area contributed by atoms with Gasteiger partial charge in [0.05, 0.1) is 30.8 Å². The third-order valence-corrected chi connectivity index (χ3v) is 4.44. The lowest BCUT2D eigenvalue weighted by Crippen LogP contribution is -2.21. The van der Waals surface area contributed by atoms with Gasteiger partial charge in [-0.15, -0.1) is 6.58 Å². The number of hydrogen-bond acceptors (Lipinski definition) is 7. The number of nitrogens with zero attached hydrogens (tertiary/aromatic N) is 2. The van der Waals surface area contributed by atoms with Crippen LogP contribution < -0.4 is 14.8 Å². The van der Waals surface area contributed by atoms with Gasteiger partial charge in [0.15, 0.2) is 11.5 Å². The summed E-state index contributed by atoms with van der Waals surface area (Å²) in [5.41, 5.74) is 0.729. The number of halogens is 2. The van der Waals surface area contributed by atoms with E-state index in [0.717, 1.165) is 0 Å². The molecule has 1 heterocycles. The maximum atomic E-state index is 14.2. The minimum atomic E-state index is -1.17. The number of carboxylic acid groups (broad SMARTS) is 1. The van der Waals surface area contributed by atoms with Gasteiger partial charge in [0.25, 0.3) is 0 Å². The van der Waals surface area contributed by atoms with Crippen LogP contribution in [0.4, 0.5) is 15.9 Å². The van der Waals surface area contributed by atoms with Crippen molar-refractivity contribution in [2.75, 3.05) is 19.0 Å². The van der Waals surface area contributed by atoms with Crippen LogP contribution in [-0.2, 0) is 4.79 Å². The van der Waals surface area contributed by atoms with Crippen molar-refractivity contribution in [2.45, 2.75) is 33.3 Å². The number of nitrogens with one attached hydrogen (secondary N) is 1. The van der Waals surface area contributed by atoms with Crippen molar-refractivity contribution in [3.63, 3.8) is 0 Å². The van der Waals surface area contributed by atoms with E-state index in [1.165, 1.54) is 19.5 Å². The van der Waals surface area contributed by atoms with E-state index in [4.69, 9.17) is 14.6 Å². The van der Waals surface area contributed by atoms with Gasteiger partial charge in [0.2, 0.25) is 0 Å². The molecule has 1 aromatic heterocycles. The van der Waals surface area contributed by atoms with Gasteiger partial charge in [-0.05, 0) is 31.2 Å². The molecule has 10 heteroatoms. The summed E-state index contributed by atoms with van der Waals surface area (Å²) in [5.74, 6) is -0.606. The first-order valence-electron chi connectivity index (χ1n) is 10.4. The van der Waals surface area contributed by atoms with Gasteiger partial charge in [-0.3, -0.25) is 4.79 Å². The molecule has 0 spiro atoms. The first-order chi connectivity index (χ1) is 16.3. The Labute approximate surface area is 206 Å². The Balaban J connectivity index is 0.00000107. The summed E-state index contributed by atoms with van der Waals surface area (Å²) in [6, 6.07) is 7.80. The van der Waals surface area contributed by atoms with Crippen LogP contribution >= 0.6 is 15.9 Å². The summed E-state index contributed by atoms with van der Waals surface area (Å²) >= 11 is 3.21. The Morgan fingerprint density at radius 3 is 2.53 bits per heavy atom. The van der Waals surface area contributed by atoms with Gasteiger partial charge in [0, 0.05) is 15.9 Å². The number of ether oxygens (including phenoxy) is 2. The highest BCUT2D eigenvalue weighted by Crippen LogP contribution is 2.35. The molecule has 1 unspecified atom stereocenters. The van der Waals surface area contributed by atoms with Gasteiger partial charge in [-0.25, -0.2) is 14.4 Å². The van der Waals surface area contributed by atoms with Crippen LogP contribution in [0.25, 0.3) is 10.9 Å². The van der Waals surface area contributed by atoms with Crippen molar-refractivity contribution < 1.29 is 28.9 Å². The number of carbonyl (C=O) groups is 1. The number of anilines is 2. The van der Waals surface area contributed by atoms with Crippen LogP contribution in [0.3, 0.4) is 0 Å². The molecule has 0 bridgehead atoms. The number of hydrogen-bond donors (Lipinski definition) is 3. The number of rotatable bonds is 8. The maximum absolute atomic E-state index is 14.2. The van der Waals surface area contributed by atoms with Crippen molar-refractivity contribution in [2.24, 2.45) is 0 Å². The van der Waals surface area contributed by atoms with Crippen LogP contribution in [0.1, 0.15) is 27.2 Å². The fourth-order valence-corrected chi connectivity index (χ4v) is 2.93. The zero-order valence-corrected chi connectivity index (χ0v) is 21.1. The lowest BCUT2D eigenvalue weighted by atomic mass is 10.2. The van der Waals surface area contributed by atoms with Crippen LogP contribution in [-0.4, -0.2) is 46.0 Å². The summed E-state index contributed by atoms with van der Waals surface area (Å²) in [4.78, 5) is 19.0. The molecule has 1 atom stereocenters. The second kappa shape index (κ2) is 14.8.